The van der Waals surface area contributed by atoms with Gasteiger partial charge in [-0.05, 0) is 76.2 Å². The van der Waals surface area contributed by atoms with Gasteiger partial charge in [0.05, 0.1) is 0 Å². The Morgan fingerprint density at radius 3 is 2.44 bits per heavy atom. The molecule has 1 spiro atoms. The van der Waals surface area contributed by atoms with E-state index in [0.29, 0.717) is 19.5 Å². The summed E-state index contributed by atoms with van der Waals surface area (Å²) < 4.78 is 17.8. The molecule has 2 unspecified atom stereocenters. The average Bonchev–Trinajstić information content (AvgIpc) is 3.13. The summed E-state index contributed by atoms with van der Waals surface area (Å²) in [5.41, 5.74) is -0.574. The van der Waals surface area contributed by atoms with Crippen LogP contribution in [0, 0.1) is 17.3 Å². The molecule has 0 bridgehead atoms. The topological polar surface area (TPSA) is 72.9 Å². The van der Waals surface area contributed by atoms with E-state index in [1.54, 1.807) is 0 Å². The number of hydrogen-bond donors (Lipinski definition) is 2. The van der Waals surface area contributed by atoms with Gasteiger partial charge in [-0.3, -0.25) is 4.79 Å². The smallest absolute Gasteiger partial charge is 0.407 e. The third kappa shape index (κ3) is 3.34. The lowest BCUT2D eigenvalue weighted by molar-refractivity contribution is -0.131. The van der Waals surface area contributed by atoms with Crippen LogP contribution in [0.5, 0.6) is 0 Å². The van der Waals surface area contributed by atoms with Crippen molar-refractivity contribution in [1.29, 1.82) is 0 Å². The van der Waals surface area contributed by atoms with Gasteiger partial charge in [0.15, 0.2) is 0 Å². The van der Waals surface area contributed by atoms with Crippen LogP contribution in [0.4, 0.5) is 4.79 Å². The van der Waals surface area contributed by atoms with Crippen molar-refractivity contribution in [2.75, 3.05) is 26.2 Å². The van der Waals surface area contributed by atoms with E-state index in [-0.39, 0.29) is 29.3 Å². The number of carbonyl (C=O) groups is 2. The Labute approximate surface area is 165 Å². The molecule has 152 valence electrons. The predicted octanol–water partition coefficient (Wildman–Crippen LogP) is 2.93. The number of carboxylic acid groups (broad SMARTS) is 1. The summed E-state index contributed by atoms with van der Waals surface area (Å²) in [5, 5.41) is 12.6. The van der Waals surface area contributed by atoms with Gasteiger partial charge >= 0.3 is 6.09 Å². The van der Waals surface area contributed by atoms with Gasteiger partial charge in [-0.25, -0.2) is 4.79 Å². The molecule has 4 aliphatic rings. The molecule has 0 aromatic heterocycles. The van der Waals surface area contributed by atoms with Crippen molar-refractivity contribution in [3.63, 3.8) is 0 Å². The maximum absolute atomic E-state index is 12.7. The average molecular weight is 380 g/mol. The Hall–Kier alpha value is -1.30. The van der Waals surface area contributed by atoms with Crippen LogP contribution in [0.1, 0.15) is 67.9 Å². The van der Waals surface area contributed by atoms with Crippen molar-refractivity contribution in [1.82, 2.24) is 15.1 Å². The van der Waals surface area contributed by atoms with Gasteiger partial charge in [0.25, 0.3) is 0 Å². The van der Waals surface area contributed by atoms with Crippen molar-refractivity contribution in [2.45, 2.75) is 76.7 Å². The molecule has 2 N–H and O–H groups in total. The van der Waals surface area contributed by atoms with E-state index in [9.17, 15) is 14.7 Å². The summed E-state index contributed by atoms with van der Waals surface area (Å²) in [6, 6.07) is -0.172. The van der Waals surface area contributed by atoms with E-state index in [4.69, 9.17) is 2.74 Å². The molecule has 2 heterocycles. The highest BCUT2D eigenvalue weighted by atomic mass is 16.4. The zero-order valence-electron chi connectivity index (χ0n) is 18.7. The van der Waals surface area contributed by atoms with Crippen molar-refractivity contribution in [3.8, 4) is 0 Å². The van der Waals surface area contributed by atoms with E-state index >= 15 is 0 Å². The Balaban J connectivity index is 1.38. The van der Waals surface area contributed by atoms with Crippen LogP contribution in [0.25, 0.3) is 0 Å². The summed E-state index contributed by atoms with van der Waals surface area (Å²) >= 11 is 0. The van der Waals surface area contributed by atoms with Crippen LogP contribution >= 0.6 is 0 Å². The first-order valence-corrected chi connectivity index (χ1v) is 10.7. The molecule has 0 aromatic carbocycles. The molecule has 6 nitrogen and oxygen atoms in total. The summed E-state index contributed by atoms with van der Waals surface area (Å²) in [4.78, 5) is 27.7. The highest BCUT2D eigenvalue weighted by Crippen LogP contribution is 2.56. The zero-order valence-corrected chi connectivity index (χ0v) is 16.7. The fourth-order valence-electron chi connectivity index (χ4n) is 5.76. The van der Waals surface area contributed by atoms with E-state index < -0.39 is 17.9 Å². The number of nitrogens with zero attached hydrogens (tertiary/aromatic N) is 2. The zero-order chi connectivity index (χ0) is 21.0. The number of nitrogens with one attached hydrogen (secondary N) is 1. The number of piperidine rings is 1. The number of amides is 2. The van der Waals surface area contributed by atoms with Gasteiger partial charge in [0.1, 0.15) is 0 Å². The lowest BCUT2D eigenvalue weighted by Gasteiger charge is -2.58. The summed E-state index contributed by atoms with van der Waals surface area (Å²) in [6.45, 7) is 6.45. The first-order chi connectivity index (χ1) is 13.6. The molecule has 4 rings (SSSR count). The molecule has 0 aromatic rings. The monoisotopic (exact) mass is 379 g/mol. The molecule has 2 saturated carbocycles. The van der Waals surface area contributed by atoms with Gasteiger partial charge in [0, 0.05) is 33.3 Å². The van der Waals surface area contributed by atoms with Gasteiger partial charge < -0.3 is 20.2 Å². The standard InChI is InChI=1S/C21H35N3O3/c1-3-16-17(13-21(16)9-12-24(14-21)19(26)27)23-10-5-15(6-11-23)18(25)22-20(2)7-4-8-20/h15-17H,3-14H2,1-2H3,(H,22,25)(H,26,27)/t16?,17?,21-/m1/s1/i13D2. The van der Waals surface area contributed by atoms with Crippen LogP contribution in [0.15, 0.2) is 0 Å². The fraction of sp³-hybridized carbons (Fsp3) is 0.905. The summed E-state index contributed by atoms with van der Waals surface area (Å²) in [6.07, 6.45) is 4.00. The highest BCUT2D eigenvalue weighted by molar-refractivity contribution is 5.79. The summed E-state index contributed by atoms with van der Waals surface area (Å²) in [7, 11) is 0. The minimum atomic E-state index is -1.40. The predicted molar refractivity (Wildman–Crippen MR) is 104 cm³/mol. The molecule has 27 heavy (non-hydrogen) atoms. The van der Waals surface area contributed by atoms with Crippen molar-refractivity contribution in [3.05, 3.63) is 0 Å². The van der Waals surface area contributed by atoms with Gasteiger partial charge in [-0.1, -0.05) is 13.3 Å². The second-order valence-corrected chi connectivity index (χ2v) is 9.43. The van der Waals surface area contributed by atoms with Crippen molar-refractivity contribution >= 4 is 12.0 Å². The van der Waals surface area contributed by atoms with Crippen molar-refractivity contribution in [2.24, 2.45) is 17.3 Å². The lowest BCUT2D eigenvalue weighted by Crippen LogP contribution is -2.62. The third-order valence-corrected chi connectivity index (χ3v) is 7.71. The van der Waals surface area contributed by atoms with Gasteiger partial charge in [-0.15, -0.1) is 0 Å². The van der Waals surface area contributed by atoms with Crippen LogP contribution in [-0.2, 0) is 4.79 Å². The highest BCUT2D eigenvalue weighted by Gasteiger charge is 2.58. The quantitative estimate of drug-likeness (QED) is 0.788. The van der Waals surface area contributed by atoms with Crippen LogP contribution in [0.3, 0.4) is 0 Å². The maximum Gasteiger partial charge on any atom is 0.407 e. The van der Waals surface area contributed by atoms with Crippen LogP contribution in [0.2, 0.25) is 0 Å². The molecule has 3 atom stereocenters. The minimum Gasteiger partial charge on any atom is -0.465 e. The second-order valence-electron chi connectivity index (χ2n) is 9.43. The van der Waals surface area contributed by atoms with E-state index in [1.165, 1.54) is 11.3 Å². The summed E-state index contributed by atoms with van der Waals surface area (Å²) in [5.74, 6) is 0.360. The molecule has 2 aliphatic heterocycles. The van der Waals surface area contributed by atoms with E-state index in [2.05, 4.69) is 24.1 Å². The minimum absolute atomic E-state index is 0.0160. The molecule has 2 amide bonds. The SMILES string of the molecule is [2H]C1([2H])C(N2CCC(C(=O)NC3(C)CCC3)CC2)C(CC)[C@]12CCN(C(=O)O)C2. The molecule has 6 heteroatoms. The van der Waals surface area contributed by atoms with Gasteiger partial charge in [0.2, 0.25) is 5.91 Å². The Morgan fingerprint density at radius 1 is 1.22 bits per heavy atom. The van der Waals surface area contributed by atoms with Crippen LogP contribution in [-0.4, -0.2) is 64.7 Å². The number of hydrogen-bond acceptors (Lipinski definition) is 3. The van der Waals surface area contributed by atoms with Gasteiger partial charge in [-0.2, -0.15) is 0 Å². The van der Waals surface area contributed by atoms with Crippen LogP contribution < -0.4 is 5.32 Å². The van der Waals surface area contributed by atoms with E-state index in [1.807, 2.05) is 0 Å². The third-order valence-electron chi connectivity index (χ3n) is 7.71. The first-order valence-electron chi connectivity index (χ1n) is 11.7. The first kappa shape index (κ1) is 16.6. The Kier molecular flexibility index (Phi) is 4.28. The molecular formula is C21H35N3O3. The number of rotatable bonds is 4. The second kappa shape index (κ2) is 6.94. The number of carbonyl (C=O) groups excluding carboxylic acids is 1. The number of likely N-dealkylation sites (tertiary alicyclic amines) is 2. The molecule has 2 saturated heterocycles. The Bertz CT molecular complexity index is 676. The van der Waals surface area contributed by atoms with E-state index in [0.717, 1.165) is 45.2 Å². The normalized spacial score (nSPS) is 39.3. The largest absolute Gasteiger partial charge is 0.465 e. The Morgan fingerprint density at radius 2 is 1.93 bits per heavy atom. The fourth-order valence-corrected chi connectivity index (χ4v) is 5.76. The molecule has 4 fully saturated rings. The molecule has 2 aliphatic carbocycles. The molecule has 0 radical (unpaired) electrons. The van der Waals surface area contributed by atoms with Crippen molar-refractivity contribution < 1.29 is 17.4 Å². The lowest BCUT2D eigenvalue weighted by atomic mass is 9.54. The maximum atomic E-state index is 12.7. The molecular weight excluding hydrogens is 342 g/mol.